The molecule has 0 saturated heterocycles. The van der Waals surface area contributed by atoms with Crippen LogP contribution in [0.4, 0.5) is 0 Å². The van der Waals surface area contributed by atoms with Crippen LogP contribution in [0.2, 0.25) is 0 Å². The van der Waals surface area contributed by atoms with Crippen LogP contribution in [-0.4, -0.2) is 6.88 Å². The van der Waals surface area contributed by atoms with Crippen molar-refractivity contribution in [1.29, 1.82) is 0 Å². The molecule has 178 valence electrons. The van der Waals surface area contributed by atoms with Gasteiger partial charge in [-0.05, 0) is 22.8 Å². The zero-order valence-electron chi connectivity index (χ0n) is 20.2. The van der Waals surface area contributed by atoms with Gasteiger partial charge in [0.25, 0.3) is 0 Å². The van der Waals surface area contributed by atoms with E-state index in [9.17, 15) is 0 Å². The van der Waals surface area contributed by atoms with Crippen molar-refractivity contribution in [1.82, 2.24) is 0 Å². The predicted molar refractivity (Wildman–Crippen MR) is 157 cm³/mol. The van der Waals surface area contributed by atoms with Gasteiger partial charge in [0.15, 0.2) is 0 Å². The van der Waals surface area contributed by atoms with E-state index in [1.807, 2.05) is 0 Å². The summed E-state index contributed by atoms with van der Waals surface area (Å²) in [5.41, 5.74) is 9.76. The molecule has 7 rings (SSSR count). The summed E-state index contributed by atoms with van der Waals surface area (Å²) in [6.45, 7) is 5.27. The Morgan fingerprint density at radius 3 is 2.17 bits per heavy atom. The maximum absolute atomic E-state index is 3.48. The Labute approximate surface area is 239 Å². The van der Waals surface area contributed by atoms with Gasteiger partial charge in [0.05, 0.1) is 0 Å². The topological polar surface area (TPSA) is 0 Å². The van der Waals surface area contributed by atoms with Crippen LogP contribution >= 0.6 is 24.8 Å². The van der Waals surface area contributed by atoms with Gasteiger partial charge in [-0.15, -0.1) is 89.4 Å². The molecule has 5 aromatic rings. The zero-order valence-corrected chi connectivity index (χ0v) is 25.3. The Morgan fingerprint density at radius 2 is 1.46 bits per heavy atom. The molecule has 5 aromatic carbocycles. The molecule has 0 aromatic heterocycles. The van der Waals surface area contributed by atoms with E-state index in [1.54, 1.807) is 0 Å². The van der Waals surface area contributed by atoms with Gasteiger partial charge < -0.3 is 14.9 Å². The van der Waals surface area contributed by atoms with Gasteiger partial charge in [-0.25, -0.2) is 0 Å². The van der Waals surface area contributed by atoms with Crippen LogP contribution in [-0.2, 0) is 29.8 Å². The van der Waals surface area contributed by atoms with Crippen molar-refractivity contribution in [2.75, 3.05) is 0 Å². The van der Waals surface area contributed by atoms with Crippen molar-refractivity contribution >= 4 is 59.3 Å². The molecular formula is C31H28Cl2SiZr-4. The van der Waals surface area contributed by atoms with Crippen LogP contribution in [0.1, 0.15) is 18.1 Å². The number of hydrogen-bond acceptors (Lipinski definition) is 0. The van der Waals surface area contributed by atoms with Crippen LogP contribution in [0.5, 0.6) is 0 Å². The molecule has 0 amide bonds. The van der Waals surface area contributed by atoms with Gasteiger partial charge in [-0.2, -0.15) is 17.5 Å². The Morgan fingerprint density at radius 1 is 0.800 bits per heavy atom. The number of hydrogen-bond donors (Lipinski definition) is 0. The molecule has 0 unspecified atom stereocenters. The molecule has 0 saturated carbocycles. The number of halogens is 2. The van der Waals surface area contributed by atoms with Gasteiger partial charge in [-0.3, -0.25) is 0 Å². The van der Waals surface area contributed by atoms with Crippen molar-refractivity contribution in [3.63, 3.8) is 0 Å². The maximum Gasteiger partial charge on any atom is -0.0809 e. The summed E-state index contributed by atoms with van der Waals surface area (Å²) >= 11 is 1.36. The van der Waals surface area contributed by atoms with Crippen LogP contribution in [0, 0.1) is 20.9 Å². The monoisotopic (exact) mass is 588 g/mol. The number of benzene rings is 4. The van der Waals surface area contributed by atoms with Crippen molar-refractivity contribution in [2.24, 2.45) is 0 Å². The zero-order chi connectivity index (χ0) is 21.4. The maximum atomic E-state index is 3.48. The molecule has 0 nitrogen and oxygen atoms in total. The fraction of sp³-hybridized carbons (Fsp3) is 0.0645. The average Bonchev–Trinajstić information content (AvgIpc) is 3.52. The smallest absolute Gasteiger partial charge is 0.0809 e. The second-order valence-electron chi connectivity index (χ2n) is 8.00. The van der Waals surface area contributed by atoms with Gasteiger partial charge in [-0.1, -0.05) is 66.1 Å². The molecule has 2 aliphatic rings. The van der Waals surface area contributed by atoms with Crippen LogP contribution in [0.3, 0.4) is 0 Å². The molecule has 0 N–H and O–H groups in total. The first-order valence-corrected chi connectivity index (χ1v) is 14.6. The number of fused-ring (bicyclic) bond motifs is 6. The van der Waals surface area contributed by atoms with Gasteiger partial charge in [0.2, 0.25) is 0 Å². The first-order valence-electron chi connectivity index (χ1n) is 10.4. The van der Waals surface area contributed by atoms with E-state index < -0.39 is 0 Å². The normalized spacial score (nSPS) is 10.9. The minimum Gasteiger partial charge on any atom is -0.168 e. The van der Waals surface area contributed by atoms with E-state index in [-0.39, 0.29) is 39.7 Å². The van der Waals surface area contributed by atoms with Crippen LogP contribution in [0.25, 0.3) is 49.9 Å². The summed E-state index contributed by atoms with van der Waals surface area (Å²) in [5, 5.41) is 5.42. The van der Waals surface area contributed by atoms with E-state index in [1.165, 1.54) is 83.8 Å². The van der Waals surface area contributed by atoms with Crippen molar-refractivity contribution in [2.45, 2.75) is 13.3 Å². The fourth-order valence-electron chi connectivity index (χ4n) is 4.86. The first-order chi connectivity index (χ1) is 15.3. The molecule has 2 radical (unpaired) electrons. The third-order valence-corrected chi connectivity index (χ3v) is 6.13. The standard InChI is InChI=1S/C20H13.C9H7.2CH3.2ClH.Si.Zr/c1-12-10-14-8-9-16-15-6-2-4-13-5-3-7-17(19(13)15)20(16)18(14)11-12;1-2-5-9-7-3-6-8(9)4-1;;;;;;/h2-7,9-10H,11H2,1H3;1-7H;2*1H3;2*1H;;/q4*-1;;;;. The van der Waals surface area contributed by atoms with Crippen molar-refractivity contribution < 1.29 is 23.3 Å². The average molecular weight is 591 g/mol. The largest absolute Gasteiger partial charge is 0.168 e. The van der Waals surface area contributed by atoms with E-state index >= 15 is 0 Å². The Hall–Kier alpha value is -1.83. The molecule has 0 bridgehead atoms. The summed E-state index contributed by atoms with van der Waals surface area (Å²) in [4.78, 5) is 0. The molecule has 0 spiro atoms. The fourth-order valence-corrected chi connectivity index (χ4v) is 4.86. The molecule has 0 fully saturated rings. The van der Waals surface area contributed by atoms with Gasteiger partial charge in [0.1, 0.15) is 0 Å². The Balaban J connectivity index is 0.000000353. The molecule has 0 aliphatic heterocycles. The summed E-state index contributed by atoms with van der Waals surface area (Å²) in [6, 6.07) is 33.6. The minimum atomic E-state index is 0. The quantitative estimate of drug-likeness (QED) is 0.122. The predicted octanol–water partition coefficient (Wildman–Crippen LogP) is 9.17. The molecule has 4 heteroatoms. The van der Waals surface area contributed by atoms with Crippen LogP contribution in [0.15, 0.2) is 90.5 Å². The number of allylic oxidation sites excluding steroid dienone is 1. The minimum absolute atomic E-state index is 0. The van der Waals surface area contributed by atoms with Gasteiger partial charge >= 0.3 is 30.2 Å². The third-order valence-electron chi connectivity index (χ3n) is 6.13. The molecule has 35 heavy (non-hydrogen) atoms. The van der Waals surface area contributed by atoms with E-state index in [0.717, 1.165) is 6.42 Å². The van der Waals surface area contributed by atoms with E-state index in [2.05, 4.69) is 111 Å². The third kappa shape index (κ3) is 5.62. The molecule has 0 heterocycles. The summed E-state index contributed by atoms with van der Waals surface area (Å²) in [6.07, 6.45) is 3.35. The molecule has 2 aliphatic carbocycles. The second-order valence-corrected chi connectivity index (χ2v) is 8.00. The van der Waals surface area contributed by atoms with E-state index in [0.29, 0.717) is 0 Å². The van der Waals surface area contributed by atoms with E-state index in [4.69, 9.17) is 0 Å². The molecular weight excluding hydrogens is 563 g/mol. The first kappa shape index (κ1) is 31.2. The SMILES string of the molecule is CC1=Cc2[c-]cc3c(c2C1)-c1cccc2cccc-3c12.Cl.Cl.[CH3-].[CH3-].[Si]=[Zr].c1ccc2[cH-]ccc2c1. The Bertz CT molecular complexity index is 1430. The second kappa shape index (κ2) is 13.5. The molecule has 0 atom stereocenters. The summed E-state index contributed by atoms with van der Waals surface area (Å²) < 4.78 is 0. The summed E-state index contributed by atoms with van der Waals surface area (Å²) in [5.74, 6) is 0. The van der Waals surface area contributed by atoms with Gasteiger partial charge in [0, 0.05) is 0 Å². The number of rotatable bonds is 0. The van der Waals surface area contributed by atoms with Crippen molar-refractivity contribution in [3.8, 4) is 22.3 Å². The summed E-state index contributed by atoms with van der Waals surface area (Å²) in [7, 11) is 0. The Kier molecular flexibility index (Phi) is 12.0. The van der Waals surface area contributed by atoms with Crippen molar-refractivity contribution in [3.05, 3.63) is 123 Å². The van der Waals surface area contributed by atoms with Crippen LogP contribution < -0.4 is 0 Å².